The molecule has 5 nitrogen and oxygen atoms in total. The van der Waals surface area contributed by atoms with Crippen LogP contribution >= 0.6 is 23.4 Å². The van der Waals surface area contributed by atoms with Gasteiger partial charge in [-0.2, -0.15) is 0 Å². The van der Waals surface area contributed by atoms with E-state index in [9.17, 15) is 14.4 Å². The number of nitrogens with one attached hydrogen (secondary N) is 2. The van der Waals surface area contributed by atoms with E-state index in [1.54, 1.807) is 66.7 Å². The van der Waals surface area contributed by atoms with Crippen LogP contribution in [0.4, 0.5) is 5.69 Å². The number of hydrogen-bond donors (Lipinski definition) is 2. The molecule has 0 unspecified atom stereocenters. The molecule has 7 heteroatoms. The van der Waals surface area contributed by atoms with Crippen molar-refractivity contribution in [1.82, 2.24) is 5.32 Å². The van der Waals surface area contributed by atoms with Crippen LogP contribution < -0.4 is 10.6 Å². The summed E-state index contributed by atoms with van der Waals surface area (Å²) in [4.78, 5) is 39.3. The molecule has 0 fully saturated rings. The number of carbonyl (C=O) groups is 3. The van der Waals surface area contributed by atoms with Crippen LogP contribution in [0.3, 0.4) is 0 Å². The molecule has 0 atom stereocenters. The average molecular weight is 541 g/mol. The Morgan fingerprint density at radius 1 is 0.789 bits per heavy atom. The molecule has 2 N–H and O–H groups in total. The molecule has 0 bridgehead atoms. The quantitative estimate of drug-likeness (QED) is 0.136. The number of amides is 2. The maximum atomic E-state index is 13.2. The second kappa shape index (κ2) is 12.9. The number of anilines is 1. The van der Waals surface area contributed by atoms with Crippen LogP contribution in [-0.2, 0) is 4.79 Å². The fourth-order valence-electron chi connectivity index (χ4n) is 3.47. The molecule has 4 aromatic rings. The molecular weight excluding hydrogens is 516 g/mol. The normalized spacial score (nSPS) is 11.1. The van der Waals surface area contributed by atoms with Crippen molar-refractivity contribution in [2.24, 2.45) is 0 Å². The van der Waals surface area contributed by atoms with Gasteiger partial charge in [0.2, 0.25) is 0 Å². The summed E-state index contributed by atoms with van der Waals surface area (Å²) in [5.74, 6) is -0.502. The van der Waals surface area contributed by atoms with Gasteiger partial charge in [-0.3, -0.25) is 14.4 Å². The minimum Gasteiger partial charge on any atom is -0.321 e. The van der Waals surface area contributed by atoms with E-state index in [1.807, 2.05) is 49.4 Å². The van der Waals surface area contributed by atoms with Gasteiger partial charge in [-0.25, -0.2) is 0 Å². The predicted octanol–water partition coefficient (Wildman–Crippen LogP) is 7.03. The van der Waals surface area contributed by atoms with Crippen LogP contribution in [0.5, 0.6) is 0 Å². The van der Waals surface area contributed by atoms with Gasteiger partial charge in [0.05, 0.1) is 5.75 Å². The number of thioether (sulfide) groups is 1. The number of rotatable bonds is 9. The van der Waals surface area contributed by atoms with Gasteiger partial charge in [0.1, 0.15) is 5.70 Å². The standard InChI is InChI=1S/C31H25ClN2O3S/c1-21-7-11-23(12-8-21)29(35)20-38-27-17-15-26(16-18-27)33-31(37)28(19-22-9-13-25(32)14-10-22)34-30(36)24-5-3-2-4-6-24/h2-19H,20H2,1H3,(H,33,37)(H,34,36)/b28-19-. The molecule has 38 heavy (non-hydrogen) atoms. The highest BCUT2D eigenvalue weighted by atomic mass is 35.5. The summed E-state index contributed by atoms with van der Waals surface area (Å²) in [6.45, 7) is 1.98. The molecule has 0 heterocycles. The highest BCUT2D eigenvalue weighted by Crippen LogP contribution is 2.22. The third-order valence-corrected chi connectivity index (χ3v) is 6.83. The zero-order valence-corrected chi connectivity index (χ0v) is 22.2. The predicted molar refractivity (Wildman–Crippen MR) is 155 cm³/mol. The van der Waals surface area contributed by atoms with E-state index in [-0.39, 0.29) is 11.5 Å². The van der Waals surface area contributed by atoms with Gasteiger partial charge < -0.3 is 10.6 Å². The SMILES string of the molecule is Cc1ccc(C(=O)CSc2ccc(NC(=O)/C(=C/c3ccc(Cl)cc3)NC(=O)c3ccccc3)cc2)cc1. The van der Waals surface area contributed by atoms with E-state index >= 15 is 0 Å². The van der Waals surface area contributed by atoms with Crippen LogP contribution in [0.15, 0.2) is 114 Å². The van der Waals surface area contributed by atoms with Gasteiger partial charge in [0.25, 0.3) is 11.8 Å². The van der Waals surface area contributed by atoms with Gasteiger partial charge in [-0.05, 0) is 67.1 Å². The molecule has 0 aliphatic heterocycles. The number of halogens is 1. The lowest BCUT2D eigenvalue weighted by Crippen LogP contribution is -2.30. The van der Waals surface area contributed by atoms with Crippen molar-refractivity contribution in [2.45, 2.75) is 11.8 Å². The third-order valence-electron chi connectivity index (χ3n) is 5.57. The second-order valence-electron chi connectivity index (χ2n) is 8.49. The van der Waals surface area contributed by atoms with E-state index in [0.717, 1.165) is 10.5 Å². The van der Waals surface area contributed by atoms with Gasteiger partial charge in [-0.15, -0.1) is 11.8 Å². The van der Waals surface area contributed by atoms with Crippen molar-refractivity contribution in [3.63, 3.8) is 0 Å². The monoisotopic (exact) mass is 540 g/mol. The molecular formula is C31H25ClN2O3S. The number of Topliss-reactive ketones (excluding diaryl/α,β-unsaturated/α-hetero) is 1. The molecule has 0 spiro atoms. The number of carbonyl (C=O) groups excluding carboxylic acids is 3. The Kier molecular flexibility index (Phi) is 9.14. The molecule has 4 aromatic carbocycles. The van der Waals surface area contributed by atoms with Gasteiger partial charge in [-0.1, -0.05) is 71.8 Å². The first-order chi connectivity index (χ1) is 18.4. The molecule has 2 amide bonds. The molecule has 4 rings (SSSR count). The fourth-order valence-corrected chi connectivity index (χ4v) is 4.39. The van der Waals surface area contributed by atoms with Gasteiger partial charge in [0.15, 0.2) is 5.78 Å². The summed E-state index contributed by atoms with van der Waals surface area (Å²) in [7, 11) is 0. The molecule has 0 saturated carbocycles. The lowest BCUT2D eigenvalue weighted by Gasteiger charge is -2.12. The smallest absolute Gasteiger partial charge is 0.272 e. The van der Waals surface area contributed by atoms with E-state index < -0.39 is 11.8 Å². The van der Waals surface area contributed by atoms with Crippen LogP contribution in [0.2, 0.25) is 5.02 Å². The molecule has 0 radical (unpaired) electrons. The summed E-state index contributed by atoms with van der Waals surface area (Å²) in [5.41, 5.74) is 3.58. The highest BCUT2D eigenvalue weighted by Gasteiger charge is 2.15. The van der Waals surface area contributed by atoms with Crippen molar-refractivity contribution in [2.75, 3.05) is 11.1 Å². The van der Waals surface area contributed by atoms with Crippen molar-refractivity contribution in [3.05, 3.63) is 136 Å². The Bertz CT molecular complexity index is 1450. The second-order valence-corrected chi connectivity index (χ2v) is 9.97. The van der Waals surface area contributed by atoms with E-state index in [1.165, 1.54) is 11.8 Å². The zero-order chi connectivity index (χ0) is 26.9. The number of benzene rings is 4. The molecule has 0 aliphatic carbocycles. The Labute approximate surface area is 230 Å². The minimum absolute atomic E-state index is 0.0542. The molecule has 0 aromatic heterocycles. The van der Waals surface area contributed by atoms with E-state index in [0.29, 0.717) is 33.2 Å². The molecule has 0 saturated heterocycles. The molecule has 190 valence electrons. The zero-order valence-electron chi connectivity index (χ0n) is 20.6. The summed E-state index contributed by atoms with van der Waals surface area (Å²) in [6.07, 6.45) is 1.59. The van der Waals surface area contributed by atoms with Gasteiger partial charge >= 0.3 is 0 Å². The highest BCUT2D eigenvalue weighted by molar-refractivity contribution is 8.00. The third kappa shape index (κ3) is 7.68. The minimum atomic E-state index is -0.473. The Balaban J connectivity index is 1.43. The van der Waals surface area contributed by atoms with Crippen LogP contribution in [-0.4, -0.2) is 23.4 Å². The average Bonchev–Trinajstić information content (AvgIpc) is 2.94. The van der Waals surface area contributed by atoms with E-state index in [4.69, 9.17) is 11.6 Å². The van der Waals surface area contributed by atoms with Crippen molar-refractivity contribution >= 4 is 52.7 Å². The topological polar surface area (TPSA) is 75.3 Å². The van der Waals surface area contributed by atoms with E-state index in [2.05, 4.69) is 10.6 Å². The summed E-state index contributed by atoms with van der Waals surface area (Å²) < 4.78 is 0. The van der Waals surface area contributed by atoms with Crippen molar-refractivity contribution in [3.8, 4) is 0 Å². The number of aryl methyl sites for hydroxylation is 1. The Morgan fingerprint density at radius 2 is 1.45 bits per heavy atom. The Hall–Kier alpha value is -4.13. The summed E-state index contributed by atoms with van der Waals surface area (Å²) >= 11 is 7.41. The lowest BCUT2D eigenvalue weighted by molar-refractivity contribution is -0.113. The number of hydrogen-bond acceptors (Lipinski definition) is 4. The maximum Gasteiger partial charge on any atom is 0.272 e. The maximum absolute atomic E-state index is 13.2. The molecule has 0 aliphatic rings. The van der Waals surface area contributed by atoms with Gasteiger partial charge in [0, 0.05) is 26.7 Å². The first kappa shape index (κ1) is 26.9. The number of ketones is 1. The Morgan fingerprint density at radius 3 is 2.11 bits per heavy atom. The summed E-state index contributed by atoms with van der Waals surface area (Å²) in [5, 5.41) is 6.11. The van der Waals surface area contributed by atoms with Crippen molar-refractivity contribution < 1.29 is 14.4 Å². The first-order valence-electron chi connectivity index (χ1n) is 11.8. The first-order valence-corrected chi connectivity index (χ1v) is 13.2. The fraction of sp³-hybridized carbons (Fsp3) is 0.0645. The lowest BCUT2D eigenvalue weighted by atomic mass is 10.1. The summed E-state index contributed by atoms with van der Waals surface area (Å²) in [6, 6.07) is 30.3. The van der Waals surface area contributed by atoms with Crippen LogP contribution in [0.1, 0.15) is 31.8 Å². The van der Waals surface area contributed by atoms with Crippen molar-refractivity contribution in [1.29, 1.82) is 0 Å². The van der Waals surface area contributed by atoms with Crippen LogP contribution in [0.25, 0.3) is 6.08 Å². The largest absolute Gasteiger partial charge is 0.321 e. The van der Waals surface area contributed by atoms with Crippen LogP contribution in [0, 0.1) is 6.92 Å².